The van der Waals surface area contributed by atoms with Gasteiger partial charge in [-0.3, -0.25) is 4.98 Å². The van der Waals surface area contributed by atoms with Crippen molar-refractivity contribution in [2.75, 3.05) is 0 Å². The van der Waals surface area contributed by atoms with Gasteiger partial charge in [0.2, 0.25) is 5.88 Å². The van der Waals surface area contributed by atoms with Crippen LogP contribution in [0.25, 0.3) is 10.8 Å². The molecular weight excluding hydrogens is 268 g/mol. The topological polar surface area (TPSA) is 72.3 Å². The van der Waals surface area contributed by atoms with Crippen molar-refractivity contribution in [1.29, 1.82) is 0 Å². The number of carboxylic acids is 1. The Labute approximate surface area is 120 Å². The van der Waals surface area contributed by atoms with Crippen LogP contribution in [-0.4, -0.2) is 21.0 Å². The van der Waals surface area contributed by atoms with E-state index in [9.17, 15) is 4.79 Å². The molecule has 0 bridgehead atoms. The molecule has 2 aromatic heterocycles. The van der Waals surface area contributed by atoms with E-state index in [-0.39, 0.29) is 11.6 Å². The second-order valence-corrected chi connectivity index (χ2v) is 4.58. The van der Waals surface area contributed by atoms with Crippen molar-refractivity contribution in [2.45, 2.75) is 6.92 Å². The van der Waals surface area contributed by atoms with Gasteiger partial charge in [0.25, 0.3) is 0 Å². The van der Waals surface area contributed by atoms with Gasteiger partial charge in [-0.2, -0.15) is 0 Å². The van der Waals surface area contributed by atoms with Crippen LogP contribution in [0.2, 0.25) is 0 Å². The molecule has 21 heavy (non-hydrogen) atoms. The SMILES string of the molecule is Cc1ccc(Oc2nc(C(=O)O)cc3ccccc23)cn1. The lowest BCUT2D eigenvalue weighted by Gasteiger charge is -2.09. The number of rotatable bonds is 3. The lowest BCUT2D eigenvalue weighted by atomic mass is 10.1. The highest BCUT2D eigenvalue weighted by atomic mass is 16.5. The number of aromatic carboxylic acids is 1. The maximum Gasteiger partial charge on any atom is 0.354 e. The molecule has 1 N–H and O–H groups in total. The minimum Gasteiger partial charge on any atom is -0.477 e. The van der Waals surface area contributed by atoms with Gasteiger partial charge < -0.3 is 9.84 Å². The fourth-order valence-corrected chi connectivity index (χ4v) is 1.98. The first-order valence-corrected chi connectivity index (χ1v) is 6.37. The third-order valence-electron chi connectivity index (χ3n) is 3.02. The zero-order valence-electron chi connectivity index (χ0n) is 11.3. The molecule has 0 fully saturated rings. The summed E-state index contributed by atoms with van der Waals surface area (Å²) >= 11 is 0. The third-order valence-corrected chi connectivity index (χ3v) is 3.02. The Hall–Kier alpha value is -2.95. The van der Waals surface area contributed by atoms with Crippen LogP contribution in [-0.2, 0) is 0 Å². The van der Waals surface area contributed by atoms with Gasteiger partial charge >= 0.3 is 5.97 Å². The highest BCUT2D eigenvalue weighted by molar-refractivity contribution is 5.94. The average Bonchev–Trinajstić information content (AvgIpc) is 2.49. The number of ether oxygens (including phenoxy) is 1. The van der Waals surface area contributed by atoms with Crippen LogP contribution in [0.4, 0.5) is 0 Å². The van der Waals surface area contributed by atoms with Crippen LogP contribution >= 0.6 is 0 Å². The number of nitrogens with zero attached hydrogens (tertiary/aromatic N) is 2. The Balaban J connectivity index is 2.11. The van der Waals surface area contributed by atoms with Gasteiger partial charge in [-0.05, 0) is 36.6 Å². The standard InChI is InChI=1S/C16H12N2O3/c1-10-6-7-12(9-17-10)21-15-13-5-3-2-4-11(13)8-14(18-15)16(19)20/h2-9H,1H3,(H,19,20). The minimum absolute atomic E-state index is 0.0521. The van der Waals surface area contributed by atoms with E-state index in [2.05, 4.69) is 9.97 Å². The number of aromatic nitrogens is 2. The molecule has 3 aromatic rings. The molecule has 5 nitrogen and oxygen atoms in total. The molecule has 0 saturated heterocycles. The third kappa shape index (κ3) is 2.67. The van der Waals surface area contributed by atoms with E-state index in [1.807, 2.05) is 37.3 Å². The second kappa shape index (κ2) is 5.20. The minimum atomic E-state index is -1.09. The van der Waals surface area contributed by atoms with Crippen molar-refractivity contribution in [3.05, 3.63) is 60.0 Å². The van der Waals surface area contributed by atoms with Gasteiger partial charge in [-0.1, -0.05) is 18.2 Å². The van der Waals surface area contributed by atoms with Crippen molar-refractivity contribution in [3.8, 4) is 11.6 Å². The van der Waals surface area contributed by atoms with Crippen LogP contribution < -0.4 is 4.74 Å². The maximum absolute atomic E-state index is 11.2. The molecule has 1 aromatic carbocycles. The van der Waals surface area contributed by atoms with Gasteiger partial charge in [0.05, 0.1) is 6.20 Å². The summed E-state index contributed by atoms with van der Waals surface area (Å²) in [6.07, 6.45) is 1.58. The Kier molecular flexibility index (Phi) is 3.23. The second-order valence-electron chi connectivity index (χ2n) is 4.58. The normalized spacial score (nSPS) is 10.5. The quantitative estimate of drug-likeness (QED) is 0.795. The highest BCUT2D eigenvalue weighted by Crippen LogP contribution is 2.28. The molecule has 0 aliphatic rings. The zero-order chi connectivity index (χ0) is 14.8. The first-order valence-electron chi connectivity index (χ1n) is 6.37. The van der Waals surface area contributed by atoms with Crippen molar-refractivity contribution in [3.63, 3.8) is 0 Å². The highest BCUT2D eigenvalue weighted by Gasteiger charge is 2.12. The van der Waals surface area contributed by atoms with Crippen LogP contribution in [0.1, 0.15) is 16.2 Å². The lowest BCUT2D eigenvalue weighted by molar-refractivity contribution is 0.0690. The molecule has 0 amide bonds. The summed E-state index contributed by atoms with van der Waals surface area (Å²) in [6, 6.07) is 12.5. The molecule has 0 spiro atoms. The molecule has 104 valence electrons. The predicted octanol–water partition coefficient (Wildman–Crippen LogP) is 3.43. The van der Waals surface area contributed by atoms with Crippen molar-refractivity contribution >= 4 is 16.7 Å². The molecule has 0 aliphatic heterocycles. The number of pyridine rings is 2. The van der Waals surface area contributed by atoms with Crippen LogP contribution in [0.15, 0.2) is 48.7 Å². The number of fused-ring (bicyclic) bond motifs is 1. The smallest absolute Gasteiger partial charge is 0.354 e. The first kappa shape index (κ1) is 13.1. The van der Waals surface area contributed by atoms with Gasteiger partial charge in [-0.15, -0.1) is 0 Å². The van der Waals surface area contributed by atoms with Crippen molar-refractivity contribution in [2.24, 2.45) is 0 Å². The number of carbonyl (C=O) groups is 1. The van der Waals surface area contributed by atoms with E-state index >= 15 is 0 Å². The fraction of sp³-hybridized carbons (Fsp3) is 0.0625. The molecule has 0 unspecified atom stereocenters. The van der Waals surface area contributed by atoms with Gasteiger partial charge in [0, 0.05) is 11.1 Å². The van der Waals surface area contributed by atoms with Gasteiger partial charge in [-0.25, -0.2) is 9.78 Å². The number of hydrogen-bond acceptors (Lipinski definition) is 4. The molecule has 0 atom stereocenters. The number of benzene rings is 1. The lowest BCUT2D eigenvalue weighted by Crippen LogP contribution is -2.02. The predicted molar refractivity (Wildman–Crippen MR) is 77.8 cm³/mol. The summed E-state index contributed by atoms with van der Waals surface area (Å²) < 4.78 is 5.70. The van der Waals surface area contributed by atoms with Crippen LogP contribution in [0.3, 0.4) is 0 Å². The summed E-state index contributed by atoms with van der Waals surface area (Å²) in [5.41, 5.74) is 0.822. The van der Waals surface area contributed by atoms with Crippen molar-refractivity contribution in [1.82, 2.24) is 9.97 Å². The summed E-state index contributed by atoms with van der Waals surface area (Å²) in [5.74, 6) is -0.315. The monoisotopic (exact) mass is 280 g/mol. The van der Waals surface area contributed by atoms with E-state index in [0.29, 0.717) is 5.75 Å². The summed E-state index contributed by atoms with van der Waals surface area (Å²) in [6.45, 7) is 1.88. The van der Waals surface area contributed by atoms with Crippen LogP contribution in [0, 0.1) is 6.92 Å². The molecule has 5 heteroatoms. The number of hydrogen-bond donors (Lipinski definition) is 1. The number of carboxylic acid groups (broad SMARTS) is 1. The van der Waals surface area contributed by atoms with Crippen LogP contribution in [0.5, 0.6) is 11.6 Å². The van der Waals surface area contributed by atoms with E-state index in [0.717, 1.165) is 16.5 Å². The average molecular weight is 280 g/mol. The molecule has 0 saturated carbocycles. The van der Waals surface area contributed by atoms with Gasteiger partial charge in [0.1, 0.15) is 5.75 Å². The molecule has 2 heterocycles. The van der Waals surface area contributed by atoms with E-state index in [1.54, 1.807) is 12.3 Å². The Morgan fingerprint density at radius 1 is 1.19 bits per heavy atom. The first-order chi connectivity index (χ1) is 10.1. The van der Waals surface area contributed by atoms with Crippen molar-refractivity contribution < 1.29 is 14.6 Å². The molecule has 0 radical (unpaired) electrons. The van der Waals surface area contributed by atoms with Gasteiger partial charge in [0.15, 0.2) is 5.69 Å². The fourth-order valence-electron chi connectivity index (χ4n) is 1.98. The molecule has 3 rings (SSSR count). The molecular formula is C16H12N2O3. The Morgan fingerprint density at radius 3 is 2.71 bits per heavy atom. The number of aryl methyl sites for hydroxylation is 1. The molecule has 0 aliphatic carbocycles. The zero-order valence-corrected chi connectivity index (χ0v) is 11.3. The van der Waals surface area contributed by atoms with E-state index in [4.69, 9.17) is 9.84 Å². The Morgan fingerprint density at radius 2 is 2.00 bits per heavy atom. The van der Waals surface area contributed by atoms with E-state index in [1.165, 1.54) is 6.07 Å². The largest absolute Gasteiger partial charge is 0.477 e. The summed E-state index contributed by atoms with van der Waals surface area (Å²) in [4.78, 5) is 19.4. The maximum atomic E-state index is 11.2. The summed E-state index contributed by atoms with van der Waals surface area (Å²) in [5, 5.41) is 10.7. The Bertz CT molecular complexity index is 813. The summed E-state index contributed by atoms with van der Waals surface area (Å²) in [7, 11) is 0. The van der Waals surface area contributed by atoms with E-state index < -0.39 is 5.97 Å².